The Bertz CT molecular complexity index is 608. The maximum Gasteiger partial charge on any atom is 0.309 e. The molecule has 1 aromatic rings. The fraction of sp³-hybridized carbons (Fsp3) is 0.412. The van der Waals surface area contributed by atoms with Gasteiger partial charge in [0, 0.05) is 29.2 Å². The Balaban J connectivity index is 1.91. The quantitative estimate of drug-likeness (QED) is 0.609. The lowest BCUT2D eigenvalue weighted by atomic mass is 9.97. The normalized spacial score (nSPS) is 15.9. The molecule has 124 valence electrons. The summed E-state index contributed by atoms with van der Waals surface area (Å²) in [5, 5.41) is 1.11. The monoisotopic (exact) mass is 355 g/mol. The van der Waals surface area contributed by atoms with E-state index < -0.39 is 0 Å². The van der Waals surface area contributed by atoms with Crippen molar-refractivity contribution in [3.63, 3.8) is 0 Å². The van der Waals surface area contributed by atoms with Gasteiger partial charge in [0.2, 0.25) is 5.91 Å². The lowest BCUT2D eigenvalue weighted by Gasteiger charge is -2.30. The van der Waals surface area contributed by atoms with Crippen molar-refractivity contribution in [2.24, 2.45) is 5.92 Å². The fourth-order valence-corrected chi connectivity index (χ4v) is 2.87. The van der Waals surface area contributed by atoms with Crippen LogP contribution in [0.25, 0.3) is 6.08 Å². The molecular weight excluding hydrogens is 337 g/mol. The minimum absolute atomic E-state index is 0.0941. The molecule has 2 rings (SSSR count). The van der Waals surface area contributed by atoms with Gasteiger partial charge in [-0.2, -0.15) is 0 Å². The molecule has 0 N–H and O–H groups in total. The van der Waals surface area contributed by atoms with Crippen molar-refractivity contribution in [1.29, 1.82) is 0 Å². The number of halogens is 2. The smallest absolute Gasteiger partial charge is 0.309 e. The number of esters is 1. The van der Waals surface area contributed by atoms with Crippen LogP contribution in [0, 0.1) is 5.92 Å². The molecule has 0 aliphatic carbocycles. The molecule has 1 amide bonds. The van der Waals surface area contributed by atoms with Gasteiger partial charge in [-0.25, -0.2) is 0 Å². The standard InChI is InChI=1S/C17H19Cl2NO3/c1-2-23-17(22)12-7-9-20(10-8-12)16(21)6-3-13-11-14(18)4-5-15(13)19/h3-6,11-12H,2,7-10H2,1H3/b6-3+. The molecule has 23 heavy (non-hydrogen) atoms. The Morgan fingerprint density at radius 3 is 2.65 bits per heavy atom. The highest BCUT2D eigenvalue weighted by Crippen LogP contribution is 2.22. The molecule has 1 aliphatic rings. The van der Waals surface area contributed by atoms with E-state index in [0.717, 1.165) is 0 Å². The van der Waals surface area contributed by atoms with Crippen molar-refractivity contribution in [2.45, 2.75) is 19.8 Å². The van der Waals surface area contributed by atoms with Gasteiger partial charge in [0.1, 0.15) is 0 Å². The van der Waals surface area contributed by atoms with E-state index in [9.17, 15) is 9.59 Å². The molecule has 0 atom stereocenters. The number of benzene rings is 1. The van der Waals surface area contributed by atoms with Crippen molar-refractivity contribution >= 4 is 41.2 Å². The number of ether oxygens (including phenoxy) is 1. The van der Waals surface area contributed by atoms with Crippen molar-refractivity contribution in [3.05, 3.63) is 39.9 Å². The second-order valence-corrected chi connectivity index (χ2v) is 6.19. The highest BCUT2D eigenvalue weighted by Gasteiger charge is 2.27. The van der Waals surface area contributed by atoms with E-state index in [1.54, 1.807) is 36.1 Å². The van der Waals surface area contributed by atoms with E-state index in [-0.39, 0.29) is 17.8 Å². The topological polar surface area (TPSA) is 46.6 Å². The summed E-state index contributed by atoms with van der Waals surface area (Å²) in [6.07, 6.45) is 4.42. The summed E-state index contributed by atoms with van der Waals surface area (Å²) in [5.74, 6) is -0.366. The third kappa shape index (κ3) is 4.98. The van der Waals surface area contributed by atoms with Gasteiger partial charge in [-0.1, -0.05) is 23.2 Å². The molecule has 1 saturated heterocycles. The van der Waals surface area contributed by atoms with Crippen LogP contribution >= 0.6 is 23.2 Å². The van der Waals surface area contributed by atoms with Crippen LogP contribution < -0.4 is 0 Å². The SMILES string of the molecule is CCOC(=O)C1CCN(C(=O)/C=C/c2cc(Cl)ccc2Cl)CC1. The molecule has 0 bridgehead atoms. The van der Waals surface area contributed by atoms with E-state index in [0.29, 0.717) is 48.1 Å². The predicted molar refractivity (Wildman–Crippen MR) is 91.4 cm³/mol. The van der Waals surface area contributed by atoms with E-state index >= 15 is 0 Å². The molecule has 1 fully saturated rings. The van der Waals surface area contributed by atoms with Gasteiger partial charge in [0.25, 0.3) is 0 Å². The molecule has 1 aliphatic heterocycles. The fourth-order valence-electron chi connectivity index (χ4n) is 2.50. The number of likely N-dealkylation sites (tertiary alicyclic amines) is 1. The first-order valence-electron chi connectivity index (χ1n) is 7.60. The number of carbonyl (C=O) groups is 2. The average Bonchev–Trinajstić information content (AvgIpc) is 2.55. The van der Waals surface area contributed by atoms with E-state index in [2.05, 4.69) is 0 Å². The van der Waals surface area contributed by atoms with Crippen LogP contribution in [0.15, 0.2) is 24.3 Å². The van der Waals surface area contributed by atoms with Crippen LogP contribution in [0.4, 0.5) is 0 Å². The molecule has 0 saturated carbocycles. The first kappa shape index (κ1) is 17.8. The van der Waals surface area contributed by atoms with Gasteiger partial charge in [0.05, 0.1) is 12.5 Å². The van der Waals surface area contributed by atoms with Gasteiger partial charge < -0.3 is 9.64 Å². The summed E-state index contributed by atoms with van der Waals surface area (Å²) in [6, 6.07) is 5.10. The van der Waals surface area contributed by atoms with Crippen LogP contribution in [-0.4, -0.2) is 36.5 Å². The Labute approximate surface area is 146 Å². The Morgan fingerprint density at radius 1 is 1.30 bits per heavy atom. The molecular formula is C17H19Cl2NO3. The van der Waals surface area contributed by atoms with Crippen molar-refractivity contribution in [1.82, 2.24) is 4.90 Å². The lowest BCUT2D eigenvalue weighted by Crippen LogP contribution is -2.39. The second kappa shape index (κ2) is 8.37. The van der Waals surface area contributed by atoms with Gasteiger partial charge in [-0.05, 0) is 49.6 Å². The summed E-state index contributed by atoms with van der Waals surface area (Å²) in [5.41, 5.74) is 0.703. The molecule has 0 spiro atoms. The molecule has 0 aromatic heterocycles. The number of amides is 1. The van der Waals surface area contributed by atoms with Crippen molar-refractivity contribution < 1.29 is 14.3 Å². The molecule has 0 radical (unpaired) electrons. The van der Waals surface area contributed by atoms with Gasteiger partial charge >= 0.3 is 5.97 Å². The number of nitrogens with zero attached hydrogens (tertiary/aromatic N) is 1. The summed E-state index contributed by atoms with van der Waals surface area (Å²) in [4.78, 5) is 25.6. The zero-order valence-electron chi connectivity index (χ0n) is 12.9. The number of carbonyl (C=O) groups excluding carboxylic acids is 2. The second-order valence-electron chi connectivity index (χ2n) is 5.35. The highest BCUT2D eigenvalue weighted by molar-refractivity contribution is 6.34. The zero-order chi connectivity index (χ0) is 16.8. The number of hydrogen-bond donors (Lipinski definition) is 0. The van der Waals surface area contributed by atoms with Crippen LogP contribution in [0.1, 0.15) is 25.3 Å². The van der Waals surface area contributed by atoms with Crippen LogP contribution in [0.5, 0.6) is 0 Å². The van der Waals surface area contributed by atoms with E-state index in [1.165, 1.54) is 6.08 Å². The largest absolute Gasteiger partial charge is 0.466 e. The number of rotatable bonds is 4. The molecule has 1 heterocycles. The predicted octanol–water partition coefficient (Wildman–Crippen LogP) is 3.81. The third-order valence-corrected chi connectivity index (χ3v) is 4.37. The maximum atomic E-state index is 12.2. The van der Waals surface area contributed by atoms with Crippen LogP contribution in [-0.2, 0) is 14.3 Å². The molecule has 1 aromatic carbocycles. The summed E-state index contributed by atoms with van der Waals surface area (Å²) in [7, 11) is 0. The maximum absolute atomic E-state index is 12.2. The lowest BCUT2D eigenvalue weighted by molar-refractivity contribution is -0.150. The summed E-state index contributed by atoms with van der Waals surface area (Å²) >= 11 is 12.0. The molecule has 4 nitrogen and oxygen atoms in total. The Kier molecular flexibility index (Phi) is 6.48. The Hall–Kier alpha value is -1.52. The third-order valence-electron chi connectivity index (χ3n) is 3.79. The summed E-state index contributed by atoms with van der Waals surface area (Å²) < 4.78 is 5.02. The minimum atomic E-state index is -0.166. The molecule has 6 heteroatoms. The van der Waals surface area contributed by atoms with E-state index in [4.69, 9.17) is 27.9 Å². The van der Waals surface area contributed by atoms with Crippen molar-refractivity contribution in [2.75, 3.05) is 19.7 Å². The highest BCUT2D eigenvalue weighted by atomic mass is 35.5. The Morgan fingerprint density at radius 2 is 2.00 bits per heavy atom. The number of hydrogen-bond acceptors (Lipinski definition) is 3. The summed E-state index contributed by atoms with van der Waals surface area (Å²) in [6.45, 7) is 3.29. The average molecular weight is 356 g/mol. The van der Waals surface area contributed by atoms with E-state index in [1.807, 2.05) is 0 Å². The first-order chi connectivity index (χ1) is 11.0. The minimum Gasteiger partial charge on any atom is -0.466 e. The molecule has 0 unspecified atom stereocenters. The number of piperidine rings is 1. The van der Waals surface area contributed by atoms with Gasteiger partial charge in [-0.3, -0.25) is 9.59 Å². The van der Waals surface area contributed by atoms with Gasteiger partial charge in [-0.15, -0.1) is 0 Å². The van der Waals surface area contributed by atoms with Crippen LogP contribution in [0.3, 0.4) is 0 Å². The van der Waals surface area contributed by atoms with Crippen molar-refractivity contribution in [3.8, 4) is 0 Å². The van der Waals surface area contributed by atoms with Gasteiger partial charge in [0.15, 0.2) is 0 Å². The zero-order valence-corrected chi connectivity index (χ0v) is 14.4. The first-order valence-corrected chi connectivity index (χ1v) is 8.35. The van der Waals surface area contributed by atoms with Crippen LogP contribution in [0.2, 0.25) is 10.0 Å².